The van der Waals surface area contributed by atoms with Crippen LogP contribution in [0.3, 0.4) is 0 Å². The Kier molecular flexibility index (Phi) is 6.27. The molecule has 1 aromatic carbocycles. The molecule has 0 radical (unpaired) electrons. The van der Waals surface area contributed by atoms with Crippen LogP contribution in [0.1, 0.15) is 60.9 Å². The van der Waals surface area contributed by atoms with Gasteiger partial charge in [-0.25, -0.2) is 4.79 Å². The molecular weight excluding hydrogens is 300 g/mol. The number of benzene rings is 1. The van der Waals surface area contributed by atoms with E-state index in [0.29, 0.717) is 11.6 Å². The molecule has 2 aliphatic rings. The average Bonchev–Trinajstić information content (AvgIpc) is 3.03. The fourth-order valence-corrected chi connectivity index (χ4v) is 4.27. The van der Waals surface area contributed by atoms with Gasteiger partial charge in [0.25, 0.3) is 0 Å². The maximum atomic E-state index is 11.0. The van der Waals surface area contributed by atoms with Gasteiger partial charge in [0.2, 0.25) is 0 Å². The van der Waals surface area contributed by atoms with Crippen LogP contribution in [0.15, 0.2) is 24.3 Å². The van der Waals surface area contributed by atoms with Crippen molar-refractivity contribution in [1.29, 1.82) is 0 Å². The Bertz CT molecular complexity index is 540. The maximum absolute atomic E-state index is 11.0. The fourth-order valence-electron chi connectivity index (χ4n) is 4.27. The van der Waals surface area contributed by atoms with Gasteiger partial charge in [-0.2, -0.15) is 0 Å². The van der Waals surface area contributed by atoms with E-state index in [1.165, 1.54) is 58.0 Å². The van der Waals surface area contributed by atoms with Crippen molar-refractivity contribution in [2.75, 3.05) is 19.6 Å². The first kappa shape index (κ1) is 17.4. The minimum absolute atomic E-state index is 0.370. The van der Waals surface area contributed by atoms with Gasteiger partial charge >= 0.3 is 5.97 Å². The second-order valence-corrected chi connectivity index (χ2v) is 7.43. The molecule has 132 valence electrons. The summed E-state index contributed by atoms with van der Waals surface area (Å²) < 4.78 is 0. The number of carboxylic acids is 1. The Labute approximate surface area is 145 Å². The molecule has 1 unspecified atom stereocenters. The number of carboxylic acid groups (broad SMARTS) is 1. The molecule has 1 aromatic rings. The number of hydrogen-bond acceptors (Lipinski definition) is 3. The van der Waals surface area contributed by atoms with Crippen LogP contribution in [0, 0.1) is 5.92 Å². The second kappa shape index (κ2) is 8.63. The van der Waals surface area contributed by atoms with Gasteiger partial charge in [0.1, 0.15) is 0 Å². The number of hydrogen-bond donors (Lipinski definition) is 2. The van der Waals surface area contributed by atoms with Gasteiger partial charge in [-0.3, -0.25) is 4.90 Å². The third-order valence-corrected chi connectivity index (χ3v) is 5.60. The van der Waals surface area contributed by atoms with Crippen molar-refractivity contribution in [2.24, 2.45) is 5.92 Å². The van der Waals surface area contributed by atoms with Crippen LogP contribution in [0.5, 0.6) is 0 Å². The molecule has 4 heteroatoms. The van der Waals surface area contributed by atoms with Crippen molar-refractivity contribution < 1.29 is 9.90 Å². The number of aromatic carboxylic acids is 1. The summed E-state index contributed by atoms with van der Waals surface area (Å²) in [6.07, 6.45) is 9.69. The first-order valence-corrected chi connectivity index (χ1v) is 9.49. The minimum atomic E-state index is -0.855. The van der Waals surface area contributed by atoms with Gasteiger partial charge in [0.15, 0.2) is 0 Å². The van der Waals surface area contributed by atoms with E-state index >= 15 is 0 Å². The molecule has 3 rings (SSSR count). The van der Waals surface area contributed by atoms with Gasteiger partial charge in [-0.15, -0.1) is 0 Å². The van der Waals surface area contributed by atoms with E-state index in [0.717, 1.165) is 24.6 Å². The van der Waals surface area contributed by atoms with Gasteiger partial charge in [0.05, 0.1) is 5.56 Å². The topological polar surface area (TPSA) is 52.6 Å². The number of likely N-dealkylation sites (tertiary alicyclic amines) is 1. The zero-order chi connectivity index (χ0) is 16.8. The van der Waals surface area contributed by atoms with Crippen LogP contribution >= 0.6 is 0 Å². The molecule has 1 aliphatic carbocycles. The van der Waals surface area contributed by atoms with Crippen LogP contribution in [0.4, 0.5) is 0 Å². The van der Waals surface area contributed by atoms with Gasteiger partial charge in [-0.1, -0.05) is 31.4 Å². The third-order valence-electron chi connectivity index (χ3n) is 5.60. The van der Waals surface area contributed by atoms with E-state index in [-0.39, 0.29) is 0 Å². The molecule has 2 N–H and O–H groups in total. The molecule has 4 nitrogen and oxygen atoms in total. The van der Waals surface area contributed by atoms with E-state index in [9.17, 15) is 4.79 Å². The standard InChI is InChI=1S/C20H30N2O2/c23-20(24)18-9-4-8-17(12-18)13-21-14-19-10-5-11-22(19)15-16-6-2-1-3-7-16/h4,8-9,12,16,19,21H,1-3,5-7,10-11,13-15H2,(H,23,24). The molecule has 1 heterocycles. The highest BCUT2D eigenvalue weighted by molar-refractivity contribution is 5.87. The lowest BCUT2D eigenvalue weighted by atomic mass is 9.89. The molecule has 0 amide bonds. The summed E-state index contributed by atoms with van der Waals surface area (Å²) >= 11 is 0. The molecule has 1 saturated heterocycles. The lowest BCUT2D eigenvalue weighted by molar-refractivity contribution is 0.0696. The monoisotopic (exact) mass is 330 g/mol. The number of carbonyl (C=O) groups is 1. The Balaban J connectivity index is 1.45. The van der Waals surface area contributed by atoms with E-state index in [1.54, 1.807) is 12.1 Å². The van der Waals surface area contributed by atoms with E-state index in [2.05, 4.69) is 10.2 Å². The lowest BCUT2D eigenvalue weighted by Crippen LogP contribution is -2.40. The first-order chi connectivity index (χ1) is 11.7. The van der Waals surface area contributed by atoms with Crippen LogP contribution in [-0.2, 0) is 6.54 Å². The van der Waals surface area contributed by atoms with Crippen molar-refractivity contribution in [3.63, 3.8) is 0 Å². The minimum Gasteiger partial charge on any atom is -0.478 e. The zero-order valence-corrected chi connectivity index (χ0v) is 14.5. The molecule has 0 spiro atoms. The summed E-state index contributed by atoms with van der Waals surface area (Å²) in [6, 6.07) is 7.88. The summed E-state index contributed by atoms with van der Waals surface area (Å²) in [5.41, 5.74) is 1.42. The molecule has 1 aliphatic heterocycles. The quantitative estimate of drug-likeness (QED) is 0.803. The molecule has 1 atom stereocenters. The molecule has 24 heavy (non-hydrogen) atoms. The van der Waals surface area contributed by atoms with Gasteiger partial charge in [-0.05, 0) is 55.8 Å². The van der Waals surface area contributed by atoms with Crippen LogP contribution < -0.4 is 5.32 Å². The molecule has 1 saturated carbocycles. The van der Waals surface area contributed by atoms with Crippen molar-refractivity contribution in [1.82, 2.24) is 10.2 Å². The van der Waals surface area contributed by atoms with Crippen LogP contribution in [0.2, 0.25) is 0 Å². The van der Waals surface area contributed by atoms with Crippen LogP contribution in [0.25, 0.3) is 0 Å². The summed E-state index contributed by atoms with van der Waals surface area (Å²) in [6.45, 7) is 4.27. The zero-order valence-electron chi connectivity index (χ0n) is 14.5. The summed E-state index contributed by atoms with van der Waals surface area (Å²) in [4.78, 5) is 13.7. The Morgan fingerprint density at radius 3 is 2.79 bits per heavy atom. The third kappa shape index (κ3) is 4.81. The highest BCUT2D eigenvalue weighted by Gasteiger charge is 2.27. The van der Waals surface area contributed by atoms with Crippen molar-refractivity contribution >= 4 is 5.97 Å². The van der Waals surface area contributed by atoms with Gasteiger partial charge in [0, 0.05) is 25.7 Å². The summed E-state index contributed by atoms with van der Waals surface area (Å²) in [5, 5.41) is 12.6. The lowest BCUT2D eigenvalue weighted by Gasteiger charge is -2.31. The Morgan fingerprint density at radius 1 is 1.17 bits per heavy atom. The Morgan fingerprint density at radius 2 is 2.00 bits per heavy atom. The first-order valence-electron chi connectivity index (χ1n) is 9.49. The molecule has 2 fully saturated rings. The predicted octanol–water partition coefficient (Wildman–Crippen LogP) is 3.52. The van der Waals surface area contributed by atoms with Crippen molar-refractivity contribution in [3.8, 4) is 0 Å². The summed E-state index contributed by atoms with van der Waals surface area (Å²) in [7, 11) is 0. The summed E-state index contributed by atoms with van der Waals surface area (Å²) in [5.74, 6) is 0.0536. The smallest absolute Gasteiger partial charge is 0.335 e. The maximum Gasteiger partial charge on any atom is 0.335 e. The highest BCUT2D eigenvalue weighted by Crippen LogP contribution is 2.27. The van der Waals surface area contributed by atoms with Crippen molar-refractivity contribution in [2.45, 2.75) is 57.5 Å². The largest absolute Gasteiger partial charge is 0.478 e. The number of nitrogens with one attached hydrogen (secondary N) is 1. The SMILES string of the molecule is O=C(O)c1cccc(CNCC2CCCN2CC2CCCCC2)c1. The Hall–Kier alpha value is -1.39. The van der Waals surface area contributed by atoms with E-state index < -0.39 is 5.97 Å². The molecule has 0 aromatic heterocycles. The average molecular weight is 330 g/mol. The van der Waals surface area contributed by atoms with Crippen molar-refractivity contribution in [3.05, 3.63) is 35.4 Å². The predicted molar refractivity (Wildman–Crippen MR) is 96.3 cm³/mol. The number of nitrogens with zero attached hydrogens (tertiary/aromatic N) is 1. The molecule has 0 bridgehead atoms. The fraction of sp³-hybridized carbons (Fsp3) is 0.650. The number of rotatable bonds is 7. The van der Waals surface area contributed by atoms with Gasteiger partial charge < -0.3 is 10.4 Å². The highest BCUT2D eigenvalue weighted by atomic mass is 16.4. The second-order valence-electron chi connectivity index (χ2n) is 7.43. The van der Waals surface area contributed by atoms with E-state index in [1.807, 2.05) is 12.1 Å². The van der Waals surface area contributed by atoms with E-state index in [4.69, 9.17) is 5.11 Å². The van der Waals surface area contributed by atoms with Crippen LogP contribution in [-0.4, -0.2) is 41.7 Å². The molecular formula is C20H30N2O2. The normalized spacial score (nSPS) is 22.8.